The predicted molar refractivity (Wildman–Crippen MR) is 279 cm³/mol. The Balaban J connectivity index is 4.18. The number of likely N-dealkylation sites (N-methyl/N-ethyl adjacent to an activating group) is 1. The van der Waals surface area contributed by atoms with Gasteiger partial charge in [-0.3, -0.25) is 9.36 Å². The molecule has 386 valence electrons. The number of allylic oxidation sites excluding steroid dienone is 4. The van der Waals surface area contributed by atoms with Gasteiger partial charge in [-0.15, -0.1) is 0 Å². The maximum absolute atomic E-state index is 13.0. The molecule has 3 unspecified atom stereocenters. The molecule has 0 aromatic rings. The topological polar surface area (TPSA) is 108 Å². The first-order valence-corrected chi connectivity index (χ1v) is 29.6. The molecule has 0 saturated carbocycles. The lowest BCUT2D eigenvalue weighted by Crippen LogP contribution is -2.46. The van der Waals surface area contributed by atoms with Gasteiger partial charge in [0, 0.05) is 6.42 Å². The highest BCUT2D eigenvalue weighted by molar-refractivity contribution is 7.45. The zero-order chi connectivity index (χ0) is 47.8. The van der Waals surface area contributed by atoms with E-state index in [0.29, 0.717) is 23.9 Å². The minimum Gasteiger partial charge on any atom is -0.756 e. The second-order valence-electron chi connectivity index (χ2n) is 20.6. The van der Waals surface area contributed by atoms with Gasteiger partial charge in [-0.05, 0) is 44.9 Å². The molecule has 0 radical (unpaired) electrons. The Bertz CT molecular complexity index is 1110. The van der Waals surface area contributed by atoms with E-state index >= 15 is 0 Å². The van der Waals surface area contributed by atoms with E-state index in [1.807, 2.05) is 21.1 Å². The molecule has 0 spiro atoms. The highest BCUT2D eigenvalue weighted by Crippen LogP contribution is 2.38. The molecule has 0 fully saturated rings. The van der Waals surface area contributed by atoms with Gasteiger partial charge in [0.05, 0.1) is 39.9 Å². The van der Waals surface area contributed by atoms with E-state index in [-0.39, 0.29) is 19.1 Å². The molecule has 8 nitrogen and oxygen atoms in total. The van der Waals surface area contributed by atoms with E-state index in [1.54, 1.807) is 0 Å². The first-order chi connectivity index (χ1) is 31.5. The molecule has 65 heavy (non-hydrogen) atoms. The molecule has 0 aliphatic carbocycles. The standard InChI is InChI=1S/C56H111N2O6P/c1-6-8-10-12-14-16-18-20-22-24-26-27-28-29-30-31-32-34-36-38-40-42-44-46-48-50-56(60)57-54(53-64-65(61,62)63-52-51-58(3,4)5)55(59)49-47-45-43-41-39-37-35-33-25-23-21-19-17-15-13-11-9-7-2/h26-27,29-30,54-55,59H,6-25,28,31-53H2,1-5H3,(H-,57,60,61,62)/b27-26-,30-29-. The quantitative estimate of drug-likeness (QED) is 0.0272. The van der Waals surface area contributed by atoms with Crippen molar-refractivity contribution < 1.29 is 32.9 Å². The lowest BCUT2D eigenvalue weighted by atomic mass is 10.0. The van der Waals surface area contributed by atoms with E-state index < -0.39 is 20.0 Å². The number of aliphatic hydroxyl groups is 1. The molecule has 0 aromatic carbocycles. The maximum atomic E-state index is 13.0. The van der Waals surface area contributed by atoms with Gasteiger partial charge in [-0.2, -0.15) is 0 Å². The summed E-state index contributed by atoms with van der Waals surface area (Å²) < 4.78 is 23.4. The fourth-order valence-corrected chi connectivity index (χ4v) is 9.21. The van der Waals surface area contributed by atoms with Gasteiger partial charge in [0.2, 0.25) is 5.91 Å². The third kappa shape index (κ3) is 50.7. The highest BCUT2D eigenvalue weighted by Gasteiger charge is 2.24. The molecule has 2 N–H and O–H groups in total. The van der Waals surface area contributed by atoms with Crippen LogP contribution >= 0.6 is 7.82 Å². The summed E-state index contributed by atoms with van der Waals surface area (Å²) in [6.45, 7) is 4.75. The van der Waals surface area contributed by atoms with Crippen LogP contribution in [-0.4, -0.2) is 68.5 Å². The van der Waals surface area contributed by atoms with Crippen LogP contribution in [-0.2, 0) is 18.4 Å². The number of rotatable bonds is 52. The Morgan fingerprint density at radius 1 is 0.538 bits per heavy atom. The average molecular weight is 939 g/mol. The van der Waals surface area contributed by atoms with Crippen molar-refractivity contribution in [2.75, 3.05) is 40.9 Å². The van der Waals surface area contributed by atoms with Crippen LogP contribution in [0.3, 0.4) is 0 Å². The molecule has 0 rings (SSSR count). The Morgan fingerprint density at radius 2 is 0.892 bits per heavy atom. The van der Waals surface area contributed by atoms with Crippen LogP contribution in [0.1, 0.15) is 277 Å². The van der Waals surface area contributed by atoms with Crippen molar-refractivity contribution in [3.63, 3.8) is 0 Å². The SMILES string of the molecule is CCCCCCCCCCC/C=C\C/C=C\CCCCCCCCCCCC(=O)NC(COP(=O)([O-])OCC[N+](C)(C)C)C(O)CCCCCCCCCCCCCCCCCCCC. The maximum Gasteiger partial charge on any atom is 0.268 e. The van der Waals surface area contributed by atoms with Crippen LogP contribution in [0.2, 0.25) is 0 Å². The van der Waals surface area contributed by atoms with Gasteiger partial charge in [0.1, 0.15) is 13.2 Å². The molecule has 0 bridgehead atoms. The number of quaternary nitrogens is 1. The van der Waals surface area contributed by atoms with E-state index in [2.05, 4.69) is 43.5 Å². The summed E-state index contributed by atoms with van der Waals surface area (Å²) in [6, 6.07) is -0.802. The van der Waals surface area contributed by atoms with Crippen LogP contribution < -0.4 is 10.2 Å². The normalized spacial score (nSPS) is 14.1. The minimum absolute atomic E-state index is 0.0124. The van der Waals surface area contributed by atoms with Crippen molar-refractivity contribution in [3.05, 3.63) is 24.3 Å². The number of hydrogen-bond acceptors (Lipinski definition) is 6. The number of nitrogens with zero attached hydrogens (tertiary/aromatic N) is 1. The summed E-state index contributed by atoms with van der Waals surface area (Å²) in [7, 11) is 1.31. The molecule has 0 heterocycles. The van der Waals surface area contributed by atoms with Crippen molar-refractivity contribution >= 4 is 13.7 Å². The Kier molecular flexibility index (Phi) is 47.3. The summed E-state index contributed by atoms with van der Waals surface area (Å²) in [4.78, 5) is 25.5. The molecular weight excluding hydrogens is 828 g/mol. The largest absolute Gasteiger partial charge is 0.756 e. The van der Waals surface area contributed by atoms with Crippen LogP contribution in [0.4, 0.5) is 0 Å². The van der Waals surface area contributed by atoms with Crippen molar-refractivity contribution in [1.29, 1.82) is 0 Å². The third-order valence-corrected chi connectivity index (χ3v) is 13.9. The molecule has 0 aliphatic rings. The van der Waals surface area contributed by atoms with Gasteiger partial charge in [-0.25, -0.2) is 0 Å². The monoisotopic (exact) mass is 939 g/mol. The van der Waals surface area contributed by atoms with Crippen LogP contribution in [0, 0.1) is 0 Å². The first-order valence-electron chi connectivity index (χ1n) is 28.2. The fourth-order valence-electron chi connectivity index (χ4n) is 8.48. The highest BCUT2D eigenvalue weighted by atomic mass is 31.2. The number of hydrogen-bond donors (Lipinski definition) is 2. The van der Waals surface area contributed by atoms with Crippen LogP contribution in [0.5, 0.6) is 0 Å². The van der Waals surface area contributed by atoms with Gasteiger partial charge in [0.25, 0.3) is 7.82 Å². The number of nitrogens with one attached hydrogen (secondary N) is 1. The van der Waals surface area contributed by atoms with Crippen LogP contribution in [0.25, 0.3) is 0 Å². The van der Waals surface area contributed by atoms with Gasteiger partial charge in [-0.1, -0.05) is 250 Å². The van der Waals surface area contributed by atoms with Crippen molar-refractivity contribution in [2.45, 2.75) is 289 Å². The summed E-state index contributed by atoms with van der Waals surface area (Å²) in [6.07, 6.45) is 59.1. The van der Waals surface area contributed by atoms with Gasteiger partial charge in [0.15, 0.2) is 0 Å². The Hall–Kier alpha value is -1.02. The fraction of sp³-hybridized carbons (Fsp3) is 0.911. The summed E-state index contributed by atoms with van der Waals surface area (Å²) >= 11 is 0. The van der Waals surface area contributed by atoms with Crippen molar-refractivity contribution in [2.24, 2.45) is 0 Å². The molecule has 9 heteroatoms. The van der Waals surface area contributed by atoms with Crippen molar-refractivity contribution in [3.8, 4) is 0 Å². The average Bonchev–Trinajstić information content (AvgIpc) is 3.26. The molecular formula is C56H111N2O6P. The first kappa shape index (κ1) is 64.0. The van der Waals surface area contributed by atoms with Gasteiger partial charge < -0.3 is 28.8 Å². The van der Waals surface area contributed by atoms with Gasteiger partial charge >= 0.3 is 0 Å². The van der Waals surface area contributed by atoms with E-state index in [9.17, 15) is 19.4 Å². The zero-order valence-corrected chi connectivity index (χ0v) is 44.9. The van der Waals surface area contributed by atoms with E-state index in [1.165, 1.54) is 205 Å². The second-order valence-corrected chi connectivity index (χ2v) is 22.1. The number of unbranched alkanes of at least 4 members (excludes halogenated alkanes) is 35. The third-order valence-electron chi connectivity index (χ3n) is 12.9. The zero-order valence-electron chi connectivity index (χ0n) is 44.0. The predicted octanol–water partition coefficient (Wildman–Crippen LogP) is 16.2. The molecule has 0 aromatic heterocycles. The lowest BCUT2D eigenvalue weighted by molar-refractivity contribution is -0.870. The Labute approximate surface area is 404 Å². The minimum atomic E-state index is -4.57. The number of carbonyl (C=O) groups excluding carboxylic acids is 1. The molecule has 0 saturated heterocycles. The number of amides is 1. The van der Waals surface area contributed by atoms with E-state index in [0.717, 1.165) is 44.9 Å². The van der Waals surface area contributed by atoms with Crippen molar-refractivity contribution in [1.82, 2.24) is 5.32 Å². The summed E-state index contributed by atoms with van der Waals surface area (Å²) in [5, 5.41) is 14.0. The van der Waals surface area contributed by atoms with E-state index in [4.69, 9.17) is 9.05 Å². The summed E-state index contributed by atoms with van der Waals surface area (Å²) in [5.74, 6) is -0.165. The summed E-state index contributed by atoms with van der Waals surface area (Å²) in [5.41, 5.74) is 0. The number of aliphatic hydroxyl groups excluding tert-OH is 1. The smallest absolute Gasteiger partial charge is 0.268 e. The molecule has 1 amide bonds. The number of phosphoric acid groups is 1. The second kappa shape index (κ2) is 48.0. The lowest BCUT2D eigenvalue weighted by Gasteiger charge is -2.30. The molecule has 3 atom stereocenters. The number of phosphoric ester groups is 1. The van der Waals surface area contributed by atoms with Crippen LogP contribution in [0.15, 0.2) is 24.3 Å². The number of carbonyl (C=O) groups is 1. The Morgan fingerprint density at radius 3 is 1.28 bits per heavy atom. The molecule has 0 aliphatic heterocycles.